The highest BCUT2D eigenvalue weighted by atomic mass is 35.5. The van der Waals surface area contributed by atoms with E-state index in [2.05, 4.69) is 20.4 Å². The summed E-state index contributed by atoms with van der Waals surface area (Å²) in [6, 6.07) is 7.04. The van der Waals surface area contributed by atoms with Gasteiger partial charge in [0.2, 0.25) is 5.95 Å². The number of hydrogen-bond acceptors (Lipinski definition) is 6. The van der Waals surface area contributed by atoms with Crippen molar-refractivity contribution in [2.24, 2.45) is 7.05 Å². The van der Waals surface area contributed by atoms with Gasteiger partial charge in [-0.15, -0.1) is 0 Å². The largest absolute Gasteiger partial charge is 0.355 e. The highest BCUT2D eigenvalue weighted by molar-refractivity contribution is 6.34. The molecule has 0 unspecified atom stereocenters. The minimum absolute atomic E-state index is 0.0878. The quantitative estimate of drug-likeness (QED) is 0.318. The average Bonchev–Trinajstić information content (AvgIpc) is 3.22. The second-order valence-electron chi connectivity index (χ2n) is 8.37. The highest BCUT2D eigenvalue weighted by Gasteiger charge is 2.19. The summed E-state index contributed by atoms with van der Waals surface area (Å²) in [5.74, 6) is -4.19. The summed E-state index contributed by atoms with van der Waals surface area (Å²) in [6.45, 7) is -1.07. The molecule has 5 rings (SSSR count). The Morgan fingerprint density at radius 3 is 2.47 bits per heavy atom. The molecule has 0 radical (unpaired) electrons. The molecule has 0 aliphatic rings. The Morgan fingerprint density at radius 1 is 0.974 bits per heavy atom. The van der Waals surface area contributed by atoms with E-state index in [0.29, 0.717) is 27.6 Å². The summed E-state index contributed by atoms with van der Waals surface area (Å²) >= 11 is 6.37. The monoisotopic (exact) mass is 543 g/mol. The van der Waals surface area contributed by atoms with Crippen LogP contribution in [0.5, 0.6) is 0 Å². The molecule has 2 N–H and O–H groups in total. The van der Waals surface area contributed by atoms with Crippen molar-refractivity contribution in [3.63, 3.8) is 0 Å². The molecule has 0 fully saturated rings. The number of rotatable bonds is 6. The number of aromatic nitrogens is 6. The van der Waals surface area contributed by atoms with Crippen molar-refractivity contribution in [2.75, 3.05) is 5.32 Å². The van der Waals surface area contributed by atoms with E-state index in [1.807, 2.05) is 0 Å². The first-order valence-corrected chi connectivity index (χ1v) is 11.4. The molecular weight excluding hydrogens is 527 g/mol. The van der Waals surface area contributed by atoms with Crippen molar-refractivity contribution in [2.45, 2.75) is 13.1 Å². The predicted molar refractivity (Wildman–Crippen MR) is 133 cm³/mol. The fourth-order valence-corrected chi connectivity index (χ4v) is 4.10. The number of anilines is 2. The van der Waals surface area contributed by atoms with Crippen molar-refractivity contribution in [1.29, 1.82) is 0 Å². The molecule has 0 saturated carbocycles. The molecule has 14 heteroatoms. The Hall–Kier alpha value is -4.65. The maximum Gasteiger partial charge on any atom is 0.355 e. The van der Waals surface area contributed by atoms with Crippen molar-refractivity contribution >= 4 is 34.1 Å². The average molecular weight is 544 g/mol. The number of nitrogens with zero attached hydrogens (tertiary/aromatic N) is 5. The first-order chi connectivity index (χ1) is 18.1. The molecule has 10 nitrogen and oxygen atoms in total. The Labute approximate surface area is 215 Å². The summed E-state index contributed by atoms with van der Waals surface area (Å²) in [5.41, 5.74) is -2.00. The number of benzene rings is 2. The van der Waals surface area contributed by atoms with Crippen LogP contribution in [0.3, 0.4) is 0 Å². The summed E-state index contributed by atoms with van der Waals surface area (Å²) in [6.07, 6.45) is 3.09. The zero-order valence-electron chi connectivity index (χ0n) is 19.5. The molecule has 38 heavy (non-hydrogen) atoms. The van der Waals surface area contributed by atoms with Gasteiger partial charge in [-0.1, -0.05) is 17.7 Å². The summed E-state index contributed by atoms with van der Waals surface area (Å²) in [5, 5.41) is 7.91. The second kappa shape index (κ2) is 9.67. The van der Waals surface area contributed by atoms with Crippen molar-refractivity contribution in [3.05, 3.63) is 114 Å². The lowest BCUT2D eigenvalue weighted by molar-refractivity contribution is 0.485. The normalized spacial score (nSPS) is 11.3. The van der Waals surface area contributed by atoms with Crippen LogP contribution in [-0.2, 0) is 20.1 Å². The molecule has 194 valence electrons. The van der Waals surface area contributed by atoms with Crippen molar-refractivity contribution in [1.82, 2.24) is 28.9 Å². The smallest absolute Gasteiger partial charge is 0.329 e. The lowest BCUT2D eigenvalue weighted by atomic mass is 10.2. The number of H-pyrrole nitrogens is 1. The Bertz CT molecular complexity index is 1890. The van der Waals surface area contributed by atoms with Gasteiger partial charge in [-0.2, -0.15) is 10.1 Å². The van der Waals surface area contributed by atoms with Gasteiger partial charge in [0, 0.05) is 42.0 Å². The minimum atomic E-state index is -1.40. The summed E-state index contributed by atoms with van der Waals surface area (Å²) < 4.78 is 45.0. The van der Waals surface area contributed by atoms with Crippen LogP contribution in [0.2, 0.25) is 5.02 Å². The number of nitrogens with one attached hydrogen (secondary N) is 2. The Balaban J connectivity index is 1.66. The maximum absolute atomic E-state index is 14.5. The van der Waals surface area contributed by atoms with E-state index < -0.39 is 47.5 Å². The molecule has 5 aromatic rings. The lowest BCUT2D eigenvalue weighted by Crippen LogP contribution is -2.43. The molecule has 0 bridgehead atoms. The second-order valence-corrected chi connectivity index (χ2v) is 8.78. The third-order valence-corrected chi connectivity index (χ3v) is 6.06. The number of hydrogen-bond donors (Lipinski definition) is 2. The van der Waals surface area contributed by atoms with Crippen LogP contribution < -0.4 is 22.3 Å². The van der Waals surface area contributed by atoms with Crippen LogP contribution in [0, 0.1) is 17.5 Å². The molecule has 0 amide bonds. The third kappa shape index (κ3) is 4.70. The van der Waals surface area contributed by atoms with Crippen LogP contribution in [0.25, 0.3) is 10.9 Å². The predicted octanol–water partition coefficient (Wildman–Crippen LogP) is 2.89. The first kappa shape index (κ1) is 25.0. The number of halogens is 4. The standard InChI is InChI=1S/C24H17ClF3N7O3/c1-33-9-14-6-20(15(25)7-19(14)32-33)30-22-31-23(37)35(10-12-3-2-4-29-21(12)36)24(38)34(22)11-13-5-17(27)18(28)8-16(13)26/h2-9H,10-11H2,1H3,(H,29,36)(H,30,31,37). The van der Waals surface area contributed by atoms with Gasteiger partial charge in [0.05, 0.1) is 29.3 Å². The fourth-order valence-electron chi connectivity index (χ4n) is 3.90. The van der Waals surface area contributed by atoms with E-state index in [1.165, 1.54) is 18.3 Å². The van der Waals surface area contributed by atoms with E-state index in [4.69, 9.17) is 11.6 Å². The SMILES string of the molecule is Cn1cc2cc(Nc3nc(=O)n(Cc4ccc[nH]c4=O)c(=O)n3Cc3cc(F)c(F)cc3F)c(Cl)cc2n1. The molecule has 0 atom stereocenters. The molecule has 0 aliphatic heterocycles. The van der Waals surface area contributed by atoms with Gasteiger partial charge in [0.25, 0.3) is 5.56 Å². The molecule has 0 spiro atoms. The summed E-state index contributed by atoms with van der Waals surface area (Å²) in [7, 11) is 1.72. The molecule has 2 aromatic carbocycles. The maximum atomic E-state index is 14.5. The number of aryl methyl sites for hydroxylation is 1. The van der Waals surface area contributed by atoms with E-state index in [1.54, 1.807) is 30.1 Å². The summed E-state index contributed by atoms with van der Waals surface area (Å²) in [4.78, 5) is 44.9. The lowest BCUT2D eigenvalue weighted by Gasteiger charge is -2.16. The molecule has 0 aliphatic carbocycles. The van der Waals surface area contributed by atoms with Crippen molar-refractivity contribution < 1.29 is 13.2 Å². The number of pyridine rings is 1. The molecule has 0 saturated heterocycles. The van der Waals surface area contributed by atoms with E-state index >= 15 is 0 Å². The molecule has 3 aromatic heterocycles. The zero-order chi connectivity index (χ0) is 27.1. The van der Waals surface area contributed by atoms with Crippen LogP contribution in [-0.4, -0.2) is 28.9 Å². The topological polar surface area (TPSA) is 120 Å². The molecular formula is C24H17ClF3N7O3. The van der Waals surface area contributed by atoms with Gasteiger partial charge in [0.1, 0.15) is 5.82 Å². The Morgan fingerprint density at radius 2 is 1.71 bits per heavy atom. The van der Waals surface area contributed by atoms with Gasteiger partial charge >= 0.3 is 11.4 Å². The van der Waals surface area contributed by atoms with E-state index in [9.17, 15) is 27.6 Å². The Kier molecular flexibility index (Phi) is 6.36. The van der Waals surface area contributed by atoms with Crippen molar-refractivity contribution in [3.8, 4) is 0 Å². The first-order valence-electron chi connectivity index (χ1n) is 11.0. The third-order valence-electron chi connectivity index (χ3n) is 5.75. The van der Waals surface area contributed by atoms with E-state index in [-0.39, 0.29) is 27.8 Å². The van der Waals surface area contributed by atoms with Crippen LogP contribution in [0.1, 0.15) is 11.1 Å². The van der Waals surface area contributed by atoms with Crippen LogP contribution in [0.4, 0.5) is 24.8 Å². The number of aromatic amines is 1. The van der Waals surface area contributed by atoms with Crippen LogP contribution >= 0.6 is 11.6 Å². The molecule has 3 heterocycles. The zero-order valence-corrected chi connectivity index (χ0v) is 20.3. The number of fused-ring (bicyclic) bond motifs is 1. The highest BCUT2D eigenvalue weighted by Crippen LogP contribution is 2.29. The fraction of sp³-hybridized carbons (Fsp3) is 0.125. The van der Waals surface area contributed by atoms with Gasteiger partial charge in [-0.25, -0.2) is 27.3 Å². The van der Waals surface area contributed by atoms with Gasteiger partial charge in [0.15, 0.2) is 11.6 Å². The van der Waals surface area contributed by atoms with Gasteiger partial charge in [-0.05, 0) is 24.3 Å². The minimum Gasteiger partial charge on any atom is -0.329 e. The van der Waals surface area contributed by atoms with E-state index in [0.717, 1.165) is 4.57 Å². The van der Waals surface area contributed by atoms with Crippen LogP contribution in [0.15, 0.2) is 63.2 Å². The van der Waals surface area contributed by atoms with Gasteiger partial charge in [-0.3, -0.25) is 14.0 Å². The van der Waals surface area contributed by atoms with Gasteiger partial charge < -0.3 is 10.3 Å².